The van der Waals surface area contributed by atoms with Crippen molar-refractivity contribution in [3.05, 3.63) is 36.5 Å². The summed E-state index contributed by atoms with van der Waals surface area (Å²) in [6.45, 7) is 9.08. The van der Waals surface area contributed by atoms with Gasteiger partial charge in [-0.3, -0.25) is 9.69 Å². The van der Waals surface area contributed by atoms with E-state index in [2.05, 4.69) is 27.1 Å². The Labute approximate surface area is 253 Å². The molecule has 234 valence electrons. The Morgan fingerprint density at radius 3 is 2.60 bits per heavy atom. The molecule has 0 spiro atoms. The standard InChI is InChI=1S/C30H44N8O5/c1-8-27(39)32-23-15-24(26(42-7)16-25(23)36(5)12-11-35(3)4)33-29-31-17-21-18-37(20(2)19-41-6)30(40)38(28(21)34-29)22-9-13-43-14-10-22/h8,15-17,20,22H,1,9-14,18-19H2,2-7H3,(H,32,39)(H,31,33,34)/t20-/m0/s1. The molecule has 0 radical (unpaired) electrons. The van der Waals surface area contributed by atoms with E-state index in [1.165, 1.54) is 6.08 Å². The Morgan fingerprint density at radius 2 is 1.95 bits per heavy atom. The number of benzene rings is 1. The van der Waals surface area contributed by atoms with Crippen LogP contribution in [0.1, 0.15) is 25.3 Å². The Balaban J connectivity index is 1.71. The van der Waals surface area contributed by atoms with E-state index in [4.69, 9.17) is 19.2 Å². The summed E-state index contributed by atoms with van der Waals surface area (Å²) in [6, 6.07) is 3.38. The van der Waals surface area contributed by atoms with Crippen molar-refractivity contribution in [1.29, 1.82) is 0 Å². The third-order valence-corrected chi connectivity index (χ3v) is 7.66. The van der Waals surface area contributed by atoms with Gasteiger partial charge >= 0.3 is 6.03 Å². The molecule has 1 aromatic heterocycles. The van der Waals surface area contributed by atoms with Crippen LogP contribution in [-0.4, -0.2) is 112 Å². The number of rotatable bonds is 13. The second-order valence-corrected chi connectivity index (χ2v) is 11.1. The van der Waals surface area contributed by atoms with Crippen molar-refractivity contribution in [3.8, 4) is 5.75 Å². The summed E-state index contributed by atoms with van der Waals surface area (Å²) in [7, 11) is 9.19. The minimum atomic E-state index is -0.332. The fraction of sp³-hybridized carbons (Fsp3) is 0.533. The topological polar surface area (TPSA) is 125 Å². The third-order valence-electron chi connectivity index (χ3n) is 7.66. The zero-order chi connectivity index (χ0) is 31.1. The maximum absolute atomic E-state index is 13.8. The number of urea groups is 1. The minimum absolute atomic E-state index is 0.0486. The number of nitrogens with zero attached hydrogens (tertiary/aromatic N) is 6. The second-order valence-electron chi connectivity index (χ2n) is 11.1. The van der Waals surface area contributed by atoms with Gasteiger partial charge in [0, 0.05) is 64.3 Å². The second kappa shape index (κ2) is 14.5. The number of hydrogen-bond acceptors (Lipinski definition) is 10. The lowest BCUT2D eigenvalue weighted by Gasteiger charge is -2.43. The van der Waals surface area contributed by atoms with E-state index >= 15 is 0 Å². The van der Waals surface area contributed by atoms with Crippen LogP contribution in [0.3, 0.4) is 0 Å². The molecule has 0 aliphatic carbocycles. The van der Waals surface area contributed by atoms with Gasteiger partial charge in [0.05, 0.1) is 43.4 Å². The summed E-state index contributed by atoms with van der Waals surface area (Å²) in [5.74, 6) is 1.09. The molecule has 1 saturated heterocycles. The van der Waals surface area contributed by atoms with E-state index in [0.29, 0.717) is 68.1 Å². The van der Waals surface area contributed by atoms with Gasteiger partial charge in [-0.2, -0.15) is 4.98 Å². The molecular formula is C30H44N8O5. The van der Waals surface area contributed by atoms with E-state index in [1.54, 1.807) is 36.3 Å². The highest BCUT2D eigenvalue weighted by Crippen LogP contribution is 2.39. The van der Waals surface area contributed by atoms with Crippen LogP contribution in [0, 0.1) is 0 Å². The molecule has 2 aromatic rings. The van der Waals surface area contributed by atoms with Crippen molar-refractivity contribution in [3.63, 3.8) is 0 Å². The lowest BCUT2D eigenvalue weighted by molar-refractivity contribution is -0.111. The smallest absolute Gasteiger partial charge is 0.326 e. The van der Waals surface area contributed by atoms with Gasteiger partial charge < -0.3 is 39.5 Å². The zero-order valence-corrected chi connectivity index (χ0v) is 26.1. The SMILES string of the molecule is C=CC(=O)Nc1cc(Nc2ncc3c(n2)N(C2CCOCC2)C(=O)N([C@@H](C)COC)C3)c(OC)cc1N(C)CCN(C)C. The van der Waals surface area contributed by atoms with Gasteiger partial charge in [0.1, 0.15) is 11.6 Å². The monoisotopic (exact) mass is 596 g/mol. The number of aromatic nitrogens is 2. The summed E-state index contributed by atoms with van der Waals surface area (Å²) in [5.41, 5.74) is 2.77. The van der Waals surface area contributed by atoms with Crippen LogP contribution >= 0.6 is 0 Å². The van der Waals surface area contributed by atoms with Crippen molar-refractivity contribution in [2.45, 2.75) is 38.4 Å². The van der Waals surface area contributed by atoms with Gasteiger partial charge in [0.2, 0.25) is 11.9 Å². The molecule has 13 nitrogen and oxygen atoms in total. The van der Waals surface area contributed by atoms with Crippen molar-refractivity contribution in [2.24, 2.45) is 0 Å². The van der Waals surface area contributed by atoms with Gasteiger partial charge in [-0.25, -0.2) is 9.78 Å². The highest BCUT2D eigenvalue weighted by Gasteiger charge is 2.39. The average molecular weight is 597 g/mol. The van der Waals surface area contributed by atoms with E-state index in [9.17, 15) is 9.59 Å². The molecule has 3 amide bonds. The fourth-order valence-corrected chi connectivity index (χ4v) is 5.23. The Bertz CT molecular complexity index is 1300. The molecule has 1 fully saturated rings. The number of ether oxygens (including phenoxy) is 3. The quantitative estimate of drug-likeness (QED) is 0.333. The molecule has 13 heteroatoms. The number of fused-ring (bicyclic) bond motifs is 1. The van der Waals surface area contributed by atoms with Crippen molar-refractivity contribution >= 4 is 40.8 Å². The number of likely N-dealkylation sites (N-methyl/N-ethyl adjacent to an activating group) is 2. The van der Waals surface area contributed by atoms with E-state index in [0.717, 1.165) is 24.3 Å². The first-order valence-corrected chi connectivity index (χ1v) is 14.5. The van der Waals surface area contributed by atoms with Gasteiger partial charge in [-0.15, -0.1) is 0 Å². The van der Waals surface area contributed by atoms with Crippen LogP contribution in [0.4, 0.5) is 33.6 Å². The molecule has 3 heterocycles. The number of carbonyl (C=O) groups is 2. The molecule has 1 atom stereocenters. The number of amides is 3. The van der Waals surface area contributed by atoms with Crippen LogP contribution in [-0.2, 0) is 20.8 Å². The summed E-state index contributed by atoms with van der Waals surface area (Å²) >= 11 is 0. The van der Waals surface area contributed by atoms with Crippen molar-refractivity contribution in [1.82, 2.24) is 19.8 Å². The van der Waals surface area contributed by atoms with E-state index in [1.807, 2.05) is 39.0 Å². The van der Waals surface area contributed by atoms with Crippen LogP contribution in [0.5, 0.6) is 5.75 Å². The highest BCUT2D eigenvalue weighted by atomic mass is 16.5. The summed E-state index contributed by atoms with van der Waals surface area (Å²) in [5, 5.41) is 6.18. The Kier molecular flexibility index (Phi) is 10.8. The molecular weight excluding hydrogens is 552 g/mol. The first kappa shape index (κ1) is 32.0. The summed E-state index contributed by atoms with van der Waals surface area (Å²) < 4.78 is 16.7. The lowest BCUT2D eigenvalue weighted by atomic mass is 10.0. The highest BCUT2D eigenvalue weighted by molar-refractivity contribution is 6.02. The molecule has 0 unspecified atom stereocenters. The predicted octanol–water partition coefficient (Wildman–Crippen LogP) is 3.31. The molecule has 0 bridgehead atoms. The molecule has 4 rings (SSSR count). The molecule has 1 aromatic carbocycles. The molecule has 43 heavy (non-hydrogen) atoms. The fourth-order valence-electron chi connectivity index (χ4n) is 5.23. The number of carbonyl (C=O) groups excluding carboxylic acids is 2. The largest absolute Gasteiger partial charge is 0.494 e. The van der Waals surface area contributed by atoms with Gasteiger partial charge in [-0.05, 0) is 46.0 Å². The maximum atomic E-state index is 13.8. The minimum Gasteiger partial charge on any atom is -0.494 e. The van der Waals surface area contributed by atoms with E-state index < -0.39 is 0 Å². The number of methoxy groups -OCH3 is 2. The number of nitrogens with one attached hydrogen (secondary N) is 2. The van der Waals surface area contributed by atoms with Gasteiger partial charge in [0.25, 0.3) is 0 Å². The number of anilines is 5. The van der Waals surface area contributed by atoms with E-state index in [-0.39, 0.29) is 24.0 Å². The predicted molar refractivity (Wildman–Crippen MR) is 168 cm³/mol. The number of hydrogen-bond donors (Lipinski definition) is 2. The average Bonchev–Trinajstić information content (AvgIpc) is 3.00. The van der Waals surface area contributed by atoms with Crippen molar-refractivity contribution in [2.75, 3.05) is 88.7 Å². The van der Waals surface area contributed by atoms with Crippen LogP contribution < -0.4 is 25.2 Å². The van der Waals surface area contributed by atoms with Crippen molar-refractivity contribution < 1.29 is 23.8 Å². The Morgan fingerprint density at radius 1 is 1.21 bits per heavy atom. The van der Waals surface area contributed by atoms with Gasteiger partial charge in [-0.1, -0.05) is 6.58 Å². The van der Waals surface area contributed by atoms with Crippen LogP contribution in [0.2, 0.25) is 0 Å². The molecule has 2 N–H and O–H groups in total. The summed E-state index contributed by atoms with van der Waals surface area (Å²) in [4.78, 5) is 43.4. The molecule has 2 aliphatic heterocycles. The Hall–Kier alpha value is -3.94. The van der Waals surface area contributed by atoms with Crippen LogP contribution in [0.15, 0.2) is 31.0 Å². The first-order valence-electron chi connectivity index (χ1n) is 14.5. The molecule has 0 saturated carbocycles. The molecule has 2 aliphatic rings. The lowest BCUT2D eigenvalue weighted by Crippen LogP contribution is -2.56. The third kappa shape index (κ3) is 7.53. The van der Waals surface area contributed by atoms with Gasteiger partial charge in [0.15, 0.2) is 0 Å². The zero-order valence-electron chi connectivity index (χ0n) is 26.1. The summed E-state index contributed by atoms with van der Waals surface area (Å²) in [6.07, 6.45) is 4.42. The van der Waals surface area contributed by atoms with Crippen LogP contribution in [0.25, 0.3) is 0 Å². The normalized spacial score (nSPS) is 16.1. The maximum Gasteiger partial charge on any atom is 0.326 e. The first-order chi connectivity index (χ1) is 20.7.